The molecular weight excluding hydrogens is 228 g/mol. The number of amides is 1. The van der Waals surface area contributed by atoms with Crippen LogP contribution in [0.2, 0.25) is 0 Å². The Bertz CT molecular complexity index is 445. The van der Waals surface area contributed by atoms with Crippen LogP contribution in [0, 0.1) is 5.92 Å². The zero-order chi connectivity index (χ0) is 13.1. The number of anilines is 1. The van der Waals surface area contributed by atoms with Crippen LogP contribution in [0.25, 0.3) is 0 Å². The first-order chi connectivity index (χ1) is 8.63. The highest BCUT2D eigenvalue weighted by molar-refractivity contribution is 5.96. The van der Waals surface area contributed by atoms with Crippen molar-refractivity contribution >= 4 is 11.6 Å². The van der Waals surface area contributed by atoms with E-state index in [1.54, 1.807) is 4.90 Å². The number of hydrogen-bond acceptors (Lipinski definition) is 3. The summed E-state index contributed by atoms with van der Waals surface area (Å²) >= 11 is 0. The summed E-state index contributed by atoms with van der Waals surface area (Å²) in [5, 5.41) is 3.12. The monoisotopic (exact) mass is 248 g/mol. The zero-order valence-corrected chi connectivity index (χ0v) is 11.2. The molecule has 1 heterocycles. The fraction of sp³-hybridized carbons (Fsp3) is 0.500. The van der Waals surface area contributed by atoms with Gasteiger partial charge in [0.1, 0.15) is 5.75 Å². The van der Waals surface area contributed by atoms with E-state index in [2.05, 4.69) is 11.4 Å². The molecule has 4 nitrogen and oxygen atoms in total. The Morgan fingerprint density at radius 3 is 3.00 bits per heavy atom. The average molecular weight is 248 g/mol. The van der Waals surface area contributed by atoms with E-state index in [-0.39, 0.29) is 11.8 Å². The number of fused-ring (bicyclic) bond motifs is 1. The van der Waals surface area contributed by atoms with Gasteiger partial charge in [-0.25, -0.2) is 0 Å². The van der Waals surface area contributed by atoms with Crippen LogP contribution in [0.3, 0.4) is 0 Å². The number of nitrogens with one attached hydrogen (secondary N) is 1. The van der Waals surface area contributed by atoms with Gasteiger partial charge in [0.15, 0.2) is 0 Å². The summed E-state index contributed by atoms with van der Waals surface area (Å²) in [5.74, 6) is 0.811. The molecule has 1 aliphatic rings. The number of carbonyl (C=O) groups is 1. The lowest BCUT2D eigenvalue weighted by Gasteiger charge is -2.18. The van der Waals surface area contributed by atoms with Gasteiger partial charge in [0, 0.05) is 7.05 Å². The molecule has 1 aliphatic heterocycles. The van der Waals surface area contributed by atoms with Crippen molar-refractivity contribution in [3.8, 4) is 5.75 Å². The summed E-state index contributed by atoms with van der Waals surface area (Å²) in [6.07, 6.45) is 0.946. The van der Waals surface area contributed by atoms with Crippen molar-refractivity contribution in [2.24, 2.45) is 5.92 Å². The van der Waals surface area contributed by atoms with Gasteiger partial charge in [0.25, 0.3) is 0 Å². The molecule has 1 amide bonds. The maximum absolute atomic E-state index is 12.1. The molecule has 18 heavy (non-hydrogen) atoms. The van der Waals surface area contributed by atoms with Crippen LogP contribution in [0.5, 0.6) is 5.75 Å². The van der Waals surface area contributed by atoms with E-state index in [9.17, 15) is 4.79 Å². The van der Waals surface area contributed by atoms with E-state index in [0.29, 0.717) is 6.61 Å². The van der Waals surface area contributed by atoms with Crippen LogP contribution >= 0.6 is 0 Å². The molecule has 1 atom stereocenters. The molecule has 2 rings (SSSR count). The second kappa shape index (κ2) is 5.40. The molecule has 0 spiro atoms. The standard InChI is InChI=1S/C14H20N2O2/c1-10-9-18-13-5-4-11(6-7-15-2)8-12(13)16(3)14(10)17/h4-5,8,10,15H,6-7,9H2,1-3H3. The predicted octanol–water partition coefficient (Wildman–Crippen LogP) is 1.44. The van der Waals surface area contributed by atoms with Gasteiger partial charge in [-0.15, -0.1) is 0 Å². The van der Waals surface area contributed by atoms with Gasteiger partial charge in [-0.1, -0.05) is 13.0 Å². The van der Waals surface area contributed by atoms with Gasteiger partial charge >= 0.3 is 0 Å². The van der Waals surface area contributed by atoms with Gasteiger partial charge in [-0.3, -0.25) is 4.79 Å². The van der Waals surface area contributed by atoms with Gasteiger partial charge in [0.2, 0.25) is 5.91 Å². The van der Waals surface area contributed by atoms with Gasteiger partial charge in [0.05, 0.1) is 18.2 Å². The van der Waals surface area contributed by atoms with E-state index in [0.717, 1.165) is 24.4 Å². The van der Waals surface area contributed by atoms with Crippen molar-refractivity contribution in [2.45, 2.75) is 13.3 Å². The van der Waals surface area contributed by atoms with Crippen molar-refractivity contribution in [1.82, 2.24) is 5.32 Å². The third kappa shape index (κ3) is 2.48. The molecule has 0 fully saturated rings. The molecule has 1 aromatic carbocycles. The van der Waals surface area contributed by atoms with E-state index in [1.807, 2.05) is 33.2 Å². The molecule has 98 valence electrons. The van der Waals surface area contributed by atoms with Crippen LogP contribution in [-0.4, -0.2) is 33.2 Å². The molecule has 0 saturated heterocycles. The Balaban J connectivity index is 2.30. The Labute approximate surface area is 108 Å². The summed E-state index contributed by atoms with van der Waals surface area (Å²) in [7, 11) is 3.75. The number of hydrogen-bond donors (Lipinski definition) is 1. The maximum atomic E-state index is 12.1. The number of likely N-dealkylation sites (N-methyl/N-ethyl adjacent to an activating group) is 1. The minimum Gasteiger partial charge on any atom is -0.491 e. The lowest BCUT2D eigenvalue weighted by molar-refractivity contribution is -0.122. The van der Waals surface area contributed by atoms with Gasteiger partial charge in [-0.2, -0.15) is 0 Å². The van der Waals surface area contributed by atoms with E-state index >= 15 is 0 Å². The van der Waals surface area contributed by atoms with Crippen molar-refractivity contribution in [1.29, 1.82) is 0 Å². The van der Waals surface area contributed by atoms with E-state index < -0.39 is 0 Å². The molecule has 0 radical (unpaired) electrons. The first kappa shape index (κ1) is 12.9. The lowest BCUT2D eigenvalue weighted by Crippen LogP contribution is -2.31. The summed E-state index contributed by atoms with van der Waals surface area (Å²) < 4.78 is 5.68. The van der Waals surface area contributed by atoms with Crippen LogP contribution < -0.4 is 15.0 Å². The summed E-state index contributed by atoms with van der Waals surface area (Å²) in [5.41, 5.74) is 2.08. The predicted molar refractivity (Wildman–Crippen MR) is 72.1 cm³/mol. The molecular formula is C14H20N2O2. The third-order valence-electron chi connectivity index (χ3n) is 3.29. The highest BCUT2D eigenvalue weighted by Crippen LogP contribution is 2.32. The molecule has 4 heteroatoms. The quantitative estimate of drug-likeness (QED) is 0.880. The van der Waals surface area contributed by atoms with E-state index in [1.165, 1.54) is 5.56 Å². The number of ether oxygens (including phenoxy) is 1. The third-order valence-corrected chi connectivity index (χ3v) is 3.29. The molecule has 0 aliphatic carbocycles. The Hall–Kier alpha value is -1.55. The zero-order valence-electron chi connectivity index (χ0n) is 11.2. The van der Waals surface area contributed by atoms with E-state index in [4.69, 9.17) is 4.74 Å². The second-order valence-corrected chi connectivity index (χ2v) is 4.76. The summed E-state index contributed by atoms with van der Waals surface area (Å²) in [6.45, 7) is 3.27. The molecule has 0 bridgehead atoms. The second-order valence-electron chi connectivity index (χ2n) is 4.76. The lowest BCUT2D eigenvalue weighted by atomic mass is 10.1. The number of rotatable bonds is 3. The minimum absolute atomic E-state index is 0.0943. The molecule has 1 N–H and O–H groups in total. The molecule has 0 saturated carbocycles. The number of nitrogens with zero attached hydrogens (tertiary/aromatic N) is 1. The van der Waals surface area contributed by atoms with Gasteiger partial charge in [-0.05, 0) is 37.7 Å². The Kier molecular flexibility index (Phi) is 3.87. The highest BCUT2D eigenvalue weighted by Gasteiger charge is 2.25. The van der Waals surface area contributed by atoms with Crippen molar-refractivity contribution in [3.63, 3.8) is 0 Å². The SMILES string of the molecule is CNCCc1ccc2c(c1)N(C)C(=O)C(C)CO2. The van der Waals surface area contributed by atoms with Crippen LogP contribution in [0.15, 0.2) is 18.2 Å². The van der Waals surface area contributed by atoms with Crippen LogP contribution in [-0.2, 0) is 11.2 Å². The van der Waals surface area contributed by atoms with Crippen molar-refractivity contribution in [3.05, 3.63) is 23.8 Å². The number of benzene rings is 1. The van der Waals surface area contributed by atoms with Crippen LogP contribution in [0.1, 0.15) is 12.5 Å². The Morgan fingerprint density at radius 2 is 2.28 bits per heavy atom. The average Bonchev–Trinajstić information content (AvgIpc) is 2.49. The topological polar surface area (TPSA) is 41.6 Å². The number of carbonyl (C=O) groups excluding carboxylic acids is 1. The summed E-state index contributed by atoms with van der Waals surface area (Å²) in [4.78, 5) is 13.8. The smallest absolute Gasteiger partial charge is 0.233 e. The van der Waals surface area contributed by atoms with Gasteiger partial charge < -0.3 is 15.0 Å². The summed E-state index contributed by atoms with van der Waals surface area (Å²) in [6, 6.07) is 6.06. The first-order valence-electron chi connectivity index (χ1n) is 6.31. The molecule has 1 unspecified atom stereocenters. The molecule has 1 aromatic rings. The minimum atomic E-state index is -0.0943. The fourth-order valence-corrected chi connectivity index (χ4v) is 2.11. The Morgan fingerprint density at radius 1 is 1.50 bits per heavy atom. The molecule has 0 aromatic heterocycles. The van der Waals surface area contributed by atoms with Crippen molar-refractivity contribution in [2.75, 3.05) is 32.1 Å². The first-order valence-corrected chi connectivity index (χ1v) is 6.31. The van der Waals surface area contributed by atoms with Crippen LogP contribution in [0.4, 0.5) is 5.69 Å². The largest absolute Gasteiger partial charge is 0.491 e. The fourth-order valence-electron chi connectivity index (χ4n) is 2.11. The normalized spacial score (nSPS) is 19.2. The maximum Gasteiger partial charge on any atom is 0.233 e. The van der Waals surface area contributed by atoms with Crippen molar-refractivity contribution < 1.29 is 9.53 Å². The highest BCUT2D eigenvalue weighted by atomic mass is 16.5.